The number of phenols is 1. The molecule has 1 amide bonds. The summed E-state index contributed by atoms with van der Waals surface area (Å²) in [6.07, 6.45) is 3.96. The molecule has 0 fully saturated rings. The predicted molar refractivity (Wildman–Crippen MR) is 112 cm³/mol. The van der Waals surface area contributed by atoms with Gasteiger partial charge in [0.25, 0.3) is 0 Å². The van der Waals surface area contributed by atoms with Crippen molar-refractivity contribution >= 4 is 17.7 Å². The first-order valence-electron chi connectivity index (χ1n) is 9.33. The lowest BCUT2D eigenvalue weighted by Gasteiger charge is -2.39. The van der Waals surface area contributed by atoms with Gasteiger partial charge in [-0.15, -0.1) is 0 Å². The Balaban J connectivity index is 1.76. The molecule has 28 heavy (non-hydrogen) atoms. The zero-order valence-electron chi connectivity index (χ0n) is 15.5. The van der Waals surface area contributed by atoms with Gasteiger partial charge in [-0.1, -0.05) is 48.5 Å². The van der Waals surface area contributed by atoms with Crippen molar-refractivity contribution in [3.05, 3.63) is 101 Å². The fourth-order valence-electron chi connectivity index (χ4n) is 3.84. The molecule has 0 bridgehead atoms. The molecule has 1 unspecified atom stereocenters. The molecule has 0 radical (unpaired) electrons. The van der Waals surface area contributed by atoms with Gasteiger partial charge < -0.3 is 15.7 Å². The smallest absolute Gasteiger partial charge is 0.241 e. The fraction of sp³-hybridized carbons (Fsp3) is 0.125. The highest BCUT2D eigenvalue weighted by Crippen LogP contribution is 2.39. The van der Waals surface area contributed by atoms with Crippen LogP contribution in [0, 0.1) is 0 Å². The highest BCUT2D eigenvalue weighted by Gasteiger charge is 2.29. The van der Waals surface area contributed by atoms with Crippen LogP contribution in [-0.2, 0) is 11.2 Å². The molecule has 0 aliphatic carbocycles. The Morgan fingerprint density at radius 1 is 1.04 bits per heavy atom. The van der Waals surface area contributed by atoms with Gasteiger partial charge in [-0.25, -0.2) is 0 Å². The number of hydrogen-bond donors (Lipinski definition) is 2. The molecule has 1 aliphatic heterocycles. The number of carbonyl (C=O) groups excluding carboxylic acids is 1. The lowest BCUT2D eigenvalue weighted by Crippen LogP contribution is -2.36. The van der Waals surface area contributed by atoms with Gasteiger partial charge in [0.1, 0.15) is 5.75 Å². The van der Waals surface area contributed by atoms with Crippen LogP contribution in [0.1, 0.15) is 28.3 Å². The summed E-state index contributed by atoms with van der Waals surface area (Å²) >= 11 is 0. The van der Waals surface area contributed by atoms with E-state index >= 15 is 0 Å². The Bertz CT molecular complexity index is 1010. The molecule has 3 aromatic rings. The molecule has 3 aromatic carbocycles. The highest BCUT2D eigenvalue weighted by molar-refractivity contribution is 5.90. The molecule has 4 heteroatoms. The first-order valence-corrected chi connectivity index (χ1v) is 9.33. The van der Waals surface area contributed by atoms with E-state index < -0.39 is 5.91 Å². The van der Waals surface area contributed by atoms with E-state index in [-0.39, 0.29) is 6.04 Å². The van der Waals surface area contributed by atoms with Crippen molar-refractivity contribution in [2.45, 2.75) is 12.5 Å². The third-order valence-electron chi connectivity index (χ3n) is 5.13. The molecule has 3 N–H and O–H groups in total. The van der Waals surface area contributed by atoms with Crippen LogP contribution in [0.2, 0.25) is 0 Å². The lowest BCUT2D eigenvalue weighted by atomic mass is 9.87. The number of para-hydroxylation sites is 1. The largest absolute Gasteiger partial charge is 0.508 e. The molecule has 1 atom stereocenters. The second kappa shape index (κ2) is 7.61. The zero-order chi connectivity index (χ0) is 19.5. The molecule has 0 saturated carbocycles. The quantitative estimate of drug-likeness (QED) is 0.681. The maximum atomic E-state index is 11.0. The summed E-state index contributed by atoms with van der Waals surface area (Å²) in [5.41, 5.74) is 10.8. The van der Waals surface area contributed by atoms with Gasteiger partial charge in [-0.3, -0.25) is 4.79 Å². The SMILES string of the molecule is NC(=O)C=Cc1ccc(C2c3ccc(O)cc3CCN2c2ccccc2)cc1. The van der Waals surface area contributed by atoms with Crippen molar-refractivity contribution in [3.8, 4) is 5.75 Å². The summed E-state index contributed by atoms with van der Waals surface area (Å²) in [5.74, 6) is -0.155. The summed E-state index contributed by atoms with van der Waals surface area (Å²) in [7, 11) is 0. The third kappa shape index (κ3) is 3.62. The minimum absolute atomic E-state index is 0.0564. The van der Waals surface area contributed by atoms with Crippen LogP contribution in [0.4, 0.5) is 5.69 Å². The zero-order valence-corrected chi connectivity index (χ0v) is 15.5. The minimum atomic E-state index is -0.458. The van der Waals surface area contributed by atoms with Gasteiger partial charge in [0.2, 0.25) is 5.91 Å². The number of hydrogen-bond acceptors (Lipinski definition) is 3. The number of primary amides is 1. The molecule has 0 spiro atoms. The number of amides is 1. The van der Waals surface area contributed by atoms with Gasteiger partial charge in [-0.2, -0.15) is 0 Å². The maximum Gasteiger partial charge on any atom is 0.241 e. The molecular weight excluding hydrogens is 348 g/mol. The summed E-state index contributed by atoms with van der Waals surface area (Å²) in [6, 6.07) is 24.2. The number of phenolic OH excluding ortho intramolecular Hbond substituents is 1. The molecule has 4 nitrogen and oxygen atoms in total. The summed E-state index contributed by atoms with van der Waals surface area (Å²) < 4.78 is 0. The topological polar surface area (TPSA) is 66.6 Å². The Labute approximate surface area is 164 Å². The van der Waals surface area contributed by atoms with E-state index in [2.05, 4.69) is 41.3 Å². The van der Waals surface area contributed by atoms with E-state index in [9.17, 15) is 9.90 Å². The molecule has 1 heterocycles. The van der Waals surface area contributed by atoms with Crippen LogP contribution in [-0.4, -0.2) is 17.6 Å². The normalized spacial score (nSPS) is 16.1. The molecule has 0 aromatic heterocycles. The van der Waals surface area contributed by atoms with Gasteiger partial charge in [0.15, 0.2) is 0 Å². The predicted octanol–water partition coefficient (Wildman–Crippen LogP) is 4.04. The Kier molecular flexibility index (Phi) is 4.85. The van der Waals surface area contributed by atoms with E-state index in [1.54, 1.807) is 12.1 Å². The number of nitrogens with two attached hydrogens (primary N) is 1. The third-order valence-corrected chi connectivity index (χ3v) is 5.13. The van der Waals surface area contributed by atoms with Crippen molar-refractivity contribution in [2.24, 2.45) is 5.73 Å². The van der Waals surface area contributed by atoms with E-state index in [1.807, 2.05) is 30.3 Å². The average Bonchev–Trinajstić information content (AvgIpc) is 2.72. The summed E-state index contributed by atoms with van der Waals surface area (Å²) in [5, 5.41) is 9.91. The monoisotopic (exact) mass is 370 g/mol. The standard InChI is InChI=1S/C24H22N2O2/c25-23(28)13-8-17-6-9-18(10-7-17)24-22-12-11-21(27)16-19(22)14-15-26(24)20-4-2-1-3-5-20/h1-13,16,24,27H,14-15H2,(H2,25,28). The minimum Gasteiger partial charge on any atom is -0.508 e. The second-order valence-electron chi connectivity index (χ2n) is 6.97. The maximum absolute atomic E-state index is 11.0. The Hall–Kier alpha value is -3.53. The molecular formula is C24H22N2O2. The van der Waals surface area contributed by atoms with E-state index in [4.69, 9.17) is 5.73 Å². The first-order chi connectivity index (χ1) is 13.6. The number of anilines is 1. The van der Waals surface area contributed by atoms with Gasteiger partial charge >= 0.3 is 0 Å². The summed E-state index contributed by atoms with van der Waals surface area (Å²) in [4.78, 5) is 13.4. The number of aromatic hydroxyl groups is 1. The first kappa shape index (κ1) is 17.9. The van der Waals surface area contributed by atoms with E-state index in [1.165, 1.54) is 22.9 Å². The second-order valence-corrected chi connectivity index (χ2v) is 6.97. The highest BCUT2D eigenvalue weighted by atomic mass is 16.3. The molecule has 1 aliphatic rings. The number of fused-ring (bicyclic) bond motifs is 1. The van der Waals surface area contributed by atoms with Crippen LogP contribution >= 0.6 is 0 Å². The van der Waals surface area contributed by atoms with Gasteiger partial charge in [0, 0.05) is 18.3 Å². The Morgan fingerprint density at radius 2 is 1.79 bits per heavy atom. The number of rotatable bonds is 4. The van der Waals surface area contributed by atoms with Gasteiger partial charge in [0.05, 0.1) is 6.04 Å². The Morgan fingerprint density at radius 3 is 2.50 bits per heavy atom. The van der Waals surface area contributed by atoms with Crippen molar-refractivity contribution in [1.82, 2.24) is 0 Å². The number of nitrogens with zero attached hydrogens (tertiary/aromatic N) is 1. The van der Waals surface area contributed by atoms with Crippen LogP contribution in [0.15, 0.2) is 78.9 Å². The van der Waals surface area contributed by atoms with Crippen LogP contribution in [0.25, 0.3) is 6.08 Å². The summed E-state index contributed by atoms with van der Waals surface area (Å²) in [6.45, 7) is 0.870. The molecule has 4 rings (SSSR count). The van der Waals surface area contributed by atoms with Crippen molar-refractivity contribution in [1.29, 1.82) is 0 Å². The van der Waals surface area contributed by atoms with Crippen LogP contribution in [0.3, 0.4) is 0 Å². The van der Waals surface area contributed by atoms with Crippen LogP contribution < -0.4 is 10.6 Å². The molecule has 140 valence electrons. The van der Waals surface area contributed by atoms with Gasteiger partial charge in [-0.05, 0) is 59.0 Å². The van der Waals surface area contributed by atoms with Crippen molar-refractivity contribution in [2.75, 3.05) is 11.4 Å². The van der Waals surface area contributed by atoms with E-state index in [0.29, 0.717) is 5.75 Å². The molecule has 0 saturated heterocycles. The fourth-order valence-corrected chi connectivity index (χ4v) is 3.84. The van der Waals surface area contributed by atoms with Crippen molar-refractivity contribution < 1.29 is 9.90 Å². The van der Waals surface area contributed by atoms with Crippen LogP contribution in [0.5, 0.6) is 5.75 Å². The number of benzene rings is 3. The number of carbonyl (C=O) groups is 1. The average molecular weight is 370 g/mol. The van der Waals surface area contributed by atoms with E-state index in [0.717, 1.165) is 24.1 Å². The van der Waals surface area contributed by atoms with Crippen molar-refractivity contribution in [3.63, 3.8) is 0 Å². The lowest BCUT2D eigenvalue weighted by molar-refractivity contribution is -0.113.